The predicted octanol–water partition coefficient (Wildman–Crippen LogP) is 4.17. The lowest BCUT2D eigenvalue weighted by Crippen LogP contribution is -1.96. The van der Waals surface area contributed by atoms with Crippen LogP contribution in [0.4, 0.5) is 0 Å². The van der Waals surface area contributed by atoms with Crippen molar-refractivity contribution in [3.05, 3.63) is 11.9 Å². The number of aromatic nitrogens is 3. The highest BCUT2D eigenvalue weighted by Gasteiger charge is 2.00. The predicted molar refractivity (Wildman–Crippen MR) is 95.9 cm³/mol. The van der Waals surface area contributed by atoms with Gasteiger partial charge in [0.05, 0.1) is 12.1 Å². The topological polar surface area (TPSA) is 68.0 Å². The van der Waals surface area contributed by atoms with Gasteiger partial charge >= 0.3 is 5.97 Å². The Morgan fingerprint density at radius 2 is 1.83 bits per heavy atom. The number of aryl methyl sites for hydroxylation is 2. The third-order valence-corrected chi connectivity index (χ3v) is 4.79. The number of carboxylic acids is 1. The minimum Gasteiger partial charge on any atom is -0.481 e. The van der Waals surface area contributed by atoms with Crippen molar-refractivity contribution in [2.24, 2.45) is 0 Å². The second-order valence-corrected chi connectivity index (χ2v) is 7.18. The molecule has 0 aliphatic heterocycles. The van der Waals surface area contributed by atoms with Crippen LogP contribution in [0.25, 0.3) is 0 Å². The van der Waals surface area contributed by atoms with Crippen molar-refractivity contribution >= 4 is 17.7 Å². The van der Waals surface area contributed by atoms with Gasteiger partial charge in [0, 0.05) is 18.5 Å². The van der Waals surface area contributed by atoms with Crippen LogP contribution in [0.1, 0.15) is 70.4 Å². The summed E-state index contributed by atoms with van der Waals surface area (Å²) in [5.74, 6) is 1.16. The first-order valence-corrected chi connectivity index (χ1v) is 10.1. The fraction of sp³-hybridized carbons (Fsp3) is 0.824. The first kappa shape index (κ1) is 20.0. The summed E-state index contributed by atoms with van der Waals surface area (Å²) in [7, 11) is 0. The molecule has 0 aliphatic carbocycles. The Kier molecular flexibility index (Phi) is 11.7. The van der Waals surface area contributed by atoms with Crippen molar-refractivity contribution in [2.75, 3.05) is 11.5 Å². The number of aliphatic carboxylic acids is 1. The van der Waals surface area contributed by atoms with E-state index in [0.717, 1.165) is 36.6 Å². The monoisotopic (exact) mass is 341 g/mol. The van der Waals surface area contributed by atoms with Gasteiger partial charge in [0.25, 0.3) is 0 Å². The number of hydrogen-bond acceptors (Lipinski definition) is 4. The third-order valence-electron chi connectivity index (χ3n) is 3.72. The number of carbonyl (C=O) groups is 1. The highest BCUT2D eigenvalue weighted by molar-refractivity contribution is 7.99. The molecule has 0 aromatic carbocycles. The average molecular weight is 342 g/mol. The Morgan fingerprint density at radius 1 is 1.13 bits per heavy atom. The molecule has 1 N–H and O–H groups in total. The maximum atomic E-state index is 10.4. The highest BCUT2D eigenvalue weighted by atomic mass is 32.2. The van der Waals surface area contributed by atoms with Crippen LogP contribution in [0.2, 0.25) is 0 Å². The molecule has 0 radical (unpaired) electrons. The van der Waals surface area contributed by atoms with E-state index in [4.69, 9.17) is 5.11 Å². The van der Waals surface area contributed by atoms with Crippen LogP contribution in [0, 0.1) is 0 Å². The Morgan fingerprint density at radius 3 is 2.52 bits per heavy atom. The summed E-state index contributed by atoms with van der Waals surface area (Å²) < 4.78 is 1.93. The van der Waals surface area contributed by atoms with Crippen LogP contribution in [0.3, 0.4) is 0 Å². The molecule has 0 atom stereocenters. The Hall–Kier alpha value is -1.04. The quantitative estimate of drug-likeness (QED) is 0.485. The van der Waals surface area contributed by atoms with E-state index < -0.39 is 5.97 Å². The summed E-state index contributed by atoms with van der Waals surface area (Å²) in [4.78, 5) is 10.4. The second-order valence-electron chi connectivity index (χ2n) is 5.95. The number of hydrogen-bond donors (Lipinski definition) is 1. The molecule has 5 nitrogen and oxygen atoms in total. The third kappa shape index (κ3) is 11.2. The van der Waals surface area contributed by atoms with Crippen LogP contribution in [-0.2, 0) is 17.8 Å². The molecule has 1 heterocycles. The molecule has 0 aliphatic rings. The van der Waals surface area contributed by atoms with Gasteiger partial charge in [0.15, 0.2) is 0 Å². The summed E-state index contributed by atoms with van der Waals surface area (Å²) in [6.07, 6.45) is 13.4. The number of unbranched alkanes of at least 4 members (excludes halogenated alkanes) is 6. The molecule has 1 rings (SSSR count). The van der Waals surface area contributed by atoms with Crippen molar-refractivity contribution < 1.29 is 9.90 Å². The fourth-order valence-electron chi connectivity index (χ4n) is 2.45. The van der Waals surface area contributed by atoms with Crippen LogP contribution >= 0.6 is 11.8 Å². The number of rotatable bonds is 15. The van der Waals surface area contributed by atoms with Gasteiger partial charge in [-0.1, -0.05) is 44.2 Å². The number of carboxylic acid groups (broad SMARTS) is 1. The highest BCUT2D eigenvalue weighted by Crippen LogP contribution is 2.12. The molecule has 0 bridgehead atoms. The lowest BCUT2D eigenvalue weighted by Gasteiger charge is -2.02. The lowest BCUT2D eigenvalue weighted by atomic mass is 10.1. The fourth-order valence-corrected chi connectivity index (χ4v) is 3.38. The van der Waals surface area contributed by atoms with E-state index in [2.05, 4.69) is 23.4 Å². The zero-order valence-electron chi connectivity index (χ0n) is 14.4. The molecule has 0 amide bonds. The minimum absolute atomic E-state index is 0.289. The molecule has 132 valence electrons. The van der Waals surface area contributed by atoms with Crippen molar-refractivity contribution in [3.8, 4) is 0 Å². The molecule has 23 heavy (non-hydrogen) atoms. The molecule has 1 aromatic heterocycles. The molecule has 0 spiro atoms. The SMILES string of the molecule is CCCn1cc(CCCCCCCCCSCCC(=O)O)nn1. The van der Waals surface area contributed by atoms with Crippen molar-refractivity contribution in [2.45, 2.75) is 77.7 Å². The summed E-state index contributed by atoms with van der Waals surface area (Å²) >= 11 is 1.76. The molecule has 0 saturated heterocycles. The number of thioether (sulfide) groups is 1. The second kappa shape index (κ2) is 13.4. The van der Waals surface area contributed by atoms with Crippen molar-refractivity contribution in [3.63, 3.8) is 0 Å². The smallest absolute Gasteiger partial charge is 0.304 e. The molecular formula is C17H31N3O2S. The normalized spacial score (nSPS) is 11.0. The maximum Gasteiger partial charge on any atom is 0.304 e. The van der Waals surface area contributed by atoms with E-state index in [1.165, 1.54) is 44.9 Å². The molecule has 0 fully saturated rings. The standard InChI is InChI=1S/C17H31N3O2S/c1-2-12-20-15-16(18-19-20)10-8-6-4-3-5-7-9-13-23-14-11-17(21)22/h15H,2-14H2,1H3,(H,21,22). The molecule has 0 saturated carbocycles. The van der Waals surface area contributed by atoms with Gasteiger partial charge in [-0.3, -0.25) is 9.48 Å². The van der Waals surface area contributed by atoms with Gasteiger partial charge in [-0.05, 0) is 31.4 Å². The summed E-state index contributed by atoms with van der Waals surface area (Å²) in [5, 5.41) is 16.9. The first-order chi connectivity index (χ1) is 11.2. The van der Waals surface area contributed by atoms with Gasteiger partial charge in [0.1, 0.15) is 0 Å². The van der Waals surface area contributed by atoms with Crippen LogP contribution in [-0.4, -0.2) is 37.6 Å². The van der Waals surface area contributed by atoms with Crippen LogP contribution in [0.5, 0.6) is 0 Å². The first-order valence-electron chi connectivity index (χ1n) is 8.91. The zero-order chi connectivity index (χ0) is 16.8. The summed E-state index contributed by atoms with van der Waals surface area (Å²) in [6, 6.07) is 0. The average Bonchev–Trinajstić information content (AvgIpc) is 2.96. The lowest BCUT2D eigenvalue weighted by molar-refractivity contribution is -0.136. The van der Waals surface area contributed by atoms with Gasteiger partial charge in [-0.25, -0.2) is 0 Å². The Labute approximate surface area is 144 Å². The molecular weight excluding hydrogens is 310 g/mol. The van der Waals surface area contributed by atoms with Crippen LogP contribution in [0.15, 0.2) is 6.20 Å². The van der Waals surface area contributed by atoms with E-state index in [9.17, 15) is 4.79 Å². The molecule has 0 unspecified atom stereocenters. The summed E-state index contributed by atoms with van der Waals surface area (Å²) in [6.45, 7) is 3.11. The largest absolute Gasteiger partial charge is 0.481 e. The van der Waals surface area contributed by atoms with E-state index in [1.54, 1.807) is 11.8 Å². The maximum absolute atomic E-state index is 10.4. The van der Waals surface area contributed by atoms with Crippen molar-refractivity contribution in [1.29, 1.82) is 0 Å². The Balaban J connectivity index is 1.83. The van der Waals surface area contributed by atoms with Gasteiger partial charge in [-0.15, -0.1) is 5.10 Å². The minimum atomic E-state index is -0.689. The molecule has 6 heteroatoms. The number of nitrogens with zero attached hydrogens (tertiary/aromatic N) is 3. The van der Waals surface area contributed by atoms with Gasteiger partial charge in [0.2, 0.25) is 0 Å². The van der Waals surface area contributed by atoms with Gasteiger partial charge < -0.3 is 5.11 Å². The molecule has 1 aromatic rings. The van der Waals surface area contributed by atoms with E-state index >= 15 is 0 Å². The Bertz CT molecular complexity index is 424. The van der Waals surface area contributed by atoms with Gasteiger partial charge in [-0.2, -0.15) is 11.8 Å². The zero-order valence-corrected chi connectivity index (χ0v) is 15.2. The van der Waals surface area contributed by atoms with Crippen LogP contribution < -0.4 is 0 Å². The van der Waals surface area contributed by atoms with E-state index in [1.807, 2.05) is 4.68 Å². The van der Waals surface area contributed by atoms with E-state index in [0.29, 0.717) is 0 Å². The van der Waals surface area contributed by atoms with E-state index in [-0.39, 0.29) is 6.42 Å². The van der Waals surface area contributed by atoms with Crippen molar-refractivity contribution in [1.82, 2.24) is 15.0 Å². The summed E-state index contributed by atoms with van der Waals surface area (Å²) in [5.41, 5.74) is 1.12.